The van der Waals surface area contributed by atoms with Gasteiger partial charge in [0.25, 0.3) is 0 Å². The van der Waals surface area contributed by atoms with Gasteiger partial charge in [0.05, 0.1) is 12.2 Å². The van der Waals surface area contributed by atoms with Gasteiger partial charge in [-0.25, -0.2) is 0 Å². The van der Waals surface area contributed by atoms with Crippen LogP contribution in [0.15, 0.2) is 0 Å². The molecule has 0 aromatic carbocycles. The predicted molar refractivity (Wildman–Crippen MR) is 59.7 cm³/mol. The van der Waals surface area contributed by atoms with Crippen LogP contribution >= 0.6 is 0 Å². The highest BCUT2D eigenvalue weighted by molar-refractivity contribution is 4.71. The van der Waals surface area contributed by atoms with Crippen LogP contribution in [0.3, 0.4) is 0 Å². The summed E-state index contributed by atoms with van der Waals surface area (Å²) in [6, 6.07) is 0. The van der Waals surface area contributed by atoms with E-state index in [0.29, 0.717) is 0 Å². The molecule has 1 aliphatic rings. The van der Waals surface area contributed by atoms with E-state index in [-0.39, 0.29) is 18.5 Å². The molecule has 2 unspecified atom stereocenters. The van der Waals surface area contributed by atoms with Crippen LogP contribution in [-0.4, -0.2) is 30.2 Å². The zero-order valence-corrected chi connectivity index (χ0v) is 9.95. The molecule has 1 rings (SSSR count). The van der Waals surface area contributed by atoms with Crippen LogP contribution < -0.4 is 0 Å². The van der Waals surface area contributed by atoms with Gasteiger partial charge in [-0.3, -0.25) is 0 Å². The highest BCUT2D eigenvalue weighted by atomic mass is 16.7. The molecule has 0 bridgehead atoms. The van der Waals surface area contributed by atoms with Gasteiger partial charge in [0.2, 0.25) is 0 Å². The molecular formula is C12H24O3. The smallest absolute Gasteiger partial charge is 0.158 e. The van der Waals surface area contributed by atoms with Crippen LogP contribution in [0.2, 0.25) is 0 Å². The Morgan fingerprint density at radius 3 is 2.73 bits per heavy atom. The average Bonchev–Trinajstić information content (AvgIpc) is 2.23. The van der Waals surface area contributed by atoms with Gasteiger partial charge in [-0.05, 0) is 19.8 Å². The number of rotatable bonds is 6. The normalized spacial score (nSPS) is 31.8. The molecule has 3 nitrogen and oxygen atoms in total. The first-order chi connectivity index (χ1) is 7.24. The molecule has 15 heavy (non-hydrogen) atoms. The van der Waals surface area contributed by atoms with E-state index in [2.05, 4.69) is 6.92 Å². The zero-order valence-electron chi connectivity index (χ0n) is 9.95. The van der Waals surface area contributed by atoms with Gasteiger partial charge >= 0.3 is 0 Å². The van der Waals surface area contributed by atoms with E-state index in [1.165, 1.54) is 19.3 Å². The lowest BCUT2D eigenvalue weighted by Crippen LogP contribution is -2.38. The molecule has 0 saturated carbocycles. The Kier molecular flexibility index (Phi) is 6.22. The molecule has 0 aromatic rings. The summed E-state index contributed by atoms with van der Waals surface area (Å²) in [5, 5.41) is 9.46. The van der Waals surface area contributed by atoms with E-state index in [1.54, 1.807) is 0 Å². The monoisotopic (exact) mass is 216 g/mol. The number of aliphatic hydroxyl groups excluding tert-OH is 1. The Morgan fingerprint density at radius 1 is 1.27 bits per heavy atom. The van der Waals surface area contributed by atoms with Crippen molar-refractivity contribution in [2.45, 2.75) is 70.9 Å². The van der Waals surface area contributed by atoms with Crippen molar-refractivity contribution in [1.29, 1.82) is 0 Å². The van der Waals surface area contributed by atoms with Crippen LogP contribution in [-0.2, 0) is 9.47 Å². The fourth-order valence-corrected chi connectivity index (χ4v) is 1.81. The lowest BCUT2D eigenvalue weighted by molar-refractivity contribution is -0.217. The second kappa shape index (κ2) is 7.20. The third-order valence-corrected chi connectivity index (χ3v) is 2.91. The number of unbranched alkanes of at least 4 members (excludes halogenated alkanes) is 3. The largest absolute Gasteiger partial charge is 0.390 e. The summed E-state index contributed by atoms with van der Waals surface area (Å²) in [7, 11) is 0. The first kappa shape index (κ1) is 12.9. The second-order valence-corrected chi connectivity index (χ2v) is 4.35. The predicted octanol–water partition coefficient (Wildman–Crippen LogP) is 2.47. The molecule has 1 fully saturated rings. The Bertz CT molecular complexity index is 161. The van der Waals surface area contributed by atoms with Crippen molar-refractivity contribution in [3.63, 3.8) is 0 Å². The molecule has 1 aliphatic heterocycles. The van der Waals surface area contributed by atoms with Crippen molar-refractivity contribution < 1.29 is 14.6 Å². The standard InChI is InChI=1S/C12H24O3/c1-3-4-5-6-9-14-12-8-7-11(13)10(2)15-12/h10-13H,3-9H2,1-2H3/t10?,11?,12-/m1/s1. The molecule has 0 aliphatic carbocycles. The molecule has 3 atom stereocenters. The maximum atomic E-state index is 9.46. The van der Waals surface area contributed by atoms with Crippen LogP contribution in [0.4, 0.5) is 0 Å². The van der Waals surface area contributed by atoms with Gasteiger partial charge < -0.3 is 14.6 Å². The van der Waals surface area contributed by atoms with Crippen LogP contribution in [0.1, 0.15) is 52.4 Å². The SMILES string of the molecule is CCCCCCO[C@H]1CCC(O)C(C)O1. The maximum Gasteiger partial charge on any atom is 0.158 e. The Hall–Kier alpha value is -0.120. The molecule has 0 spiro atoms. The number of hydrogen-bond donors (Lipinski definition) is 1. The topological polar surface area (TPSA) is 38.7 Å². The van der Waals surface area contributed by atoms with Crippen molar-refractivity contribution >= 4 is 0 Å². The van der Waals surface area contributed by atoms with Crippen molar-refractivity contribution in [1.82, 2.24) is 0 Å². The minimum Gasteiger partial charge on any atom is -0.390 e. The van der Waals surface area contributed by atoms with E-state index in [4.69, 9.17) is 9.47 Å². The van der Waals surface area contributed by atoms with Gasteiger partial charge in [0, 0.05) is 13.0 Å². The van der Waals surface area contributed by atoms with E-state index in [0.717, 1.165) is 25.9 Å². The fourth-order valence-electron chi connectivity index (χ4n) is 1.81. The third kappa shape index (κ3) is 4.96. The number of hydrogen-bond acceptors (Lipinski definition) is 3. The summed E-state index contributed by atoms with van der Waals surface area (Å²) in [5.41, 5.74) is 0. The van der Waals surface area contributed by atoms with E-state index < -0.39 is 0 Å². The van der Waals surface area contributed by atoms with Crippen LogP contribution in [0, 0.1) is 0 Å². The zero-order chi connectivity index (χ0) is 11.1. The molecule has 3 heteroatoms. The van der Waals surface area contributed by atoms with Gasteiger partial charge in [0.15, 0.2) is 6.29 Å². The Labute approximate surface area is 92.8 Å². The van der Waals surface area contributed by atoms with E-state index in [1.807, 2.05) is 6.92 Å². The maximum absolute atomic E-state index is 9.46. The van der Waals surface area contributed by atoms with Crippen LogP contribution in [0.5, 0.6) is 0 Å². The summed E-state index contributed by atoms with van der Waals surface area (Å²) < 4.78 is 11.1. The molecule has 0 aromatic heterocycles. The molecule has 1 saturated heterocycles. The average molecular weight is 216 g/mol. The molecule has 0 radical (unpaired) electrons. The fraction of sp³-hybridized carbons (Fsp3) is 1.00. The summed E-state index contributed by atoms with van der Waals surface area (Å²) in [6.45, 7) is 4.89. The first-order valence-corrected chi connectivity index (χ1v) is 6.19. The third-order valence-electron chi connectivity index (χ3n) is 2.91. The lowest BCUT2D eigenvalue weighted by Gasteiger charge is -2.31. The minimum absolute atomic E-state index is 0.0839. The van der Waals surface area contributed by atoms with Crippen molar-refractivity contribution in [3.8, 4) is 0 Å². The van der Waals surface area contributed by atoms with E-state index >= 15 is 0 Å². The van der Waals surface area contributed by atoms with Gasteiger partial charge in [-0.1, -0.05) is 26.2 Å². The molecule has 1 N–H and O–H groups in total. The number of ether oxygens (including phenoxy) is 2. The highest BCUT2D eigenvalue weighted by Gasteiger charge is 2.26. The van der Waals surface area contributed by atoms with Gasteiger partial charge in [0.1, 0.15) is 0 Å². The summed E-state index contributed by atoms with van der Waals surface area (Å²) in [4.78, 5) is 0. The highest BCUT2D eigenvalue weighted by Crippen LogP contribution is 2.20. The van der Waals surface area contributed by atoms with Crippen molar-refractivity contribution in [2.24, 2.45) is 0 Å². The second-order valence-electron chi connectivity index (χ2n) is 4.35. The Morgan fingerprint density at radius 2 is 2.07 bits per heavy atom. The Balaban J connectivity index is 2.02. The summed E-state index contributed by atoms with van der Waals surface area (Å²) in [6.07, 6.45) is 6.01. The minimum atomic E-state index is -0.315. The quantitative estimate of drug-likeness (QED) is 0.693. The molecule has 90 valence electrons. The molecule has 0 amide bonds. The van der Waals surface area contributed by atoms with Crippen molar-refractivity contribution in [2.75, 3.05) is 6.61 Å². The lowest BCUT2D eigenvalue weighted by atomic mass is 10.1. The number of aliphatic hydroxyl groups is 1. The van der Waals surface area contributed by atoms with E-state index in [9.17, 15) is 5.11 Å². The van der Waals surface area contributed by atoms with Gasteiger partial charge in [-0.15, -0.1) is 0 Å². The molecule has 1 heterocycles. The van der Waals surface area contributed by atoms with Crippen molar-refractivity contribution in [3.05, 3.63) is 0 Å². The summed E-state index contributed by atoms with van der Waals surface area (Å²) in [5.74, 6) is 0. The van der Waals surface area contributed by atoms with Crippen LogP contribution in [0.25, 0.3) is 0 Å². The van der Waals surface area contributed by atoms with Gasteiger partial charge in [-0.2, -0.15) is 0 Å². The molecular weight excluding hydrogens is 192 g/mol. The summed E-state index contributed by atoms with van der Waals surface area (Å²) >= 11 is 0. The first-order valence-electron chi connectivity index (χ1n) is 6.19.